The smallest absolute Gasteiger partial charge is 0.0230 e. The van der Waals surface area contributed by atoms with E-state index >= 15 is 0 Å². The van der Waals surface area contributed by atoms with Gasteiger partial charge in [0.05, 0.1) is 0 Å². The molecule has 0 atom stereocenters. The maximum absolute atomic E-state index is 6.45. The van der Waals surface area contributed by atoms with Crippen molar-refractivity contribution in [1.82, 2.24) is 0 Å². The summed E-state index contributed by atoms with van der Waals surface area (Å²) in [5, 5.41) is 2.62. The number of aryl methyl sites for hydroxylation is 5. The Balaban J connectivity index is -0.0000000263. The van der Waals surface area contributed by atoms with Crippen molar-refractivity contribution in [3.63, 3.8) is 0 Å². The molecule has 0 unspecified atom stereocenters. The van der Waals surface area contributed by atoms with Crippen LogP contribution in [0.4, 0.5) is 0 Å². The first-order valence-electron chi connectivity index (χ1n) is 37.0. The van der Waals surface area contributed by atoms with Gasteiger partial charge >= 0.3 is 0 Å². The molecule has 101 heavy (non-hydrogen) atoms. The molecule has 9 aromatic rings. The number of hydrogen-bond donors (Lipinski definition) is 0. The molecule has 0 nitrogen and oxygen atoms in total. The Bertz CT molecular complexity index is 1910. The van der Waals surface area contributed by atoms with Crippen LogP contribution in [0.25, 0.3) is 10.8 Å². The summed E-state index contributed by atoms with van der Waals surface area (Å²) in [5.74, 6) is 0. The van der Waals surface area contributed by atoms with Crippen LogP contribution in [0.1, 0.15) is 254 Å². The third-order valence-electron chi connectivity index (χ3n) is 7.69. The fourth-order valence-electron chi connectivity index (χ4n) is 4.57. The molecule has 9 rings (SSSR count). The molecule has 0 aliphatic rings. The van der Waals surface area contributed by atoms with Gasteiger partial charge in [0.25, 0.3) is 0 Å². The Labute approximate surface area is 753 Å². The summed E-state index contributed by atoms with van der Waals surface area (Å²) >= 11 is 0. The van der Waals surface area contributed by atoms with Gasteiger partial charge in [0, 0.05) is 136 Å². The van der Waals surface area contributed by atoms with Crippen LogP contribution in [0, 0.1) is 94.0 Å². The summed E-state index contributed by atoms with van der Waals surface area (Å²) in [4.78, 5) is 0. The van der Waals surface area contributed by atoms with E-state index in [1.807, 2.05) is 309 Å². The van der Waals surface area contributed by atoms with Crippen LogP contribution < -0.4 is 0 Å². The predicted octanol–water partition coefficient (Wildman–Crippen LogP) is 36.0. The number of fused-ring (bicyclic) bond motifs is 1. The van der Waals surface area contributed by atoms with Crippen LogP contribution in [0.2, 0.25) is 0 Å². The van der Waals surface area contributed by atoms with Crippen LogP contribution in [0.3, 0.4) is 0 Å². The summed E-state index contributed by atoms with van der Waals surface area (Å²) in [7, 11) is 0. The standard InChI is InChI=1S/C10H8.5C7H8.2C6H6.2C3H8.13C2H6.8CH3.4Y/c1-2-6-10-8-4-3-7-9(10)5-1;5*1-7-5-3-2-4-6-7;2*1-2-4-6-5-3-1;2*1-3-2;13*1-2;;;;;;;;;;;;/h1-8H;5*2-6H,1H3;2*1-6H;2*3H2,1-2H3;13*1-2H3;8*1H3;;;;/q;;;;;;;;;;;;;;;;;;;;;;;8*-1;;;;/i;;;;;;;;1D;;3*1D;;;;;;;;;;;;;;;;;;;;;;. The first-order chi connectivity index (χ1) is 45.5. The van der Waals surface area contributed by atoms with Crippen molar-refractivity contribution < 1.29 is 136 Å². The molecular weight excluding hydrogens is 1520 g/mol. The molecule has 0 spiro atoms. The molecule has 0 amide bonds. The van der Waals surface area contributed by atoms with Crippen LogP contribution in [0.5, 0.6) is 0 Å². The molecule has 586 valence electrons. The molecule has 0 saturated carbocycles. The van der Waals surface area contributed by atoms with E-state index < -0.39 is 0 Å². The third kappa shape index (κ3) is 195. The van der Waals surface area contributed by atoms with E-state index in [0.717, 1.165) is 6.42 Å². The van der Waals surface area contributed by atoms with Crippen LogP contribution in [0.15, 0.2) is 273 Å². The summed E-state index contributed by atoms with van der Waals surface area (Å²) in [6.07, 6.45) is 2.24. The Kier molecular flexibility index (Phi) is 336. The molecule has 0 N–H and O–H groups in total. The number of hydrogen-bond acceptors (Lipinski definition) is 0. The van der Waals surface area contributed by atoms with Crippen LogP contribution >= 0.6 is 0 Å². The third-order valence-corrected chi connectivity index (χ3v) is 7.69. The molecule has 0 aromatic heterocycles. The van der Waals surface area contributed by atoms with E-state index in [4.69, 9.17) is 5.48 Å². The molecule has 4 radical (unpaired) electrons. The molecular formula is C97H178Y4-8. The fraction of sp³-hybridized carbons (Fsp3) is 0.381. The summed E-state index contributed by atoms with van der Waals surface area (Å²) in [6, 6.07) is 92.0. The minimum absolute atomic E-state index is 0. The average molecular weight is 1700 g/mol. The van der Waals surface area contributed by atoms with Gasteiger partial charge in [-0.3, -0.25) is 0 Å². The average Bonchev–Trinajstić information content (AvgIpc) is 0.876. The molecule has 4 heteroatoms. The van der Waals surface area contributed by atoms with Gasteiger partial charge in [-0.25, -0.2) is 0 Å². The Morgan fingerprint density at radius 1 is 0.178 bits per heavy atom. The monoisotopic (exact) mass is 1700 g/mol. The molecule has 0 bridgehead atoms. The topological polar surface area (TPSA) is 0 Å². The molecule has 0 aliphatic carbocycles. The summed E-state index contributed by atoms with van der Waals surface area (Å²) < 4.78 is 25.1. The van der Waals surface area contributed by atoms with Crippen molar-refractivity contribution in [1.29, 1.82) is 0 Å². The van der Waals surface area contributed by atoms with Gasteiger partial charge < -0.3 is 59.4 Å². The molecule has 0 aliphatic heterocycles. The van der Waals surface area contributed by atoms with Crippen molar-refractivity contribution in [3.05, 3.63) is 360 Å². The van der Waals surface area contributed by atoms with Crippen molar-refractivity contribution >= 4 is 10.8 Å². The minimum Gasteiger partial charge on any atom is -0.358 e. The zero-order valence-corrected chi connectivity index (χ0v) is 86.4. The second kappa shape index (κ2) is 212. The predicted molar refractivity (Wildman–Crippen MR) is 483 cm³/mol. The van der Waals surface area contributed by atoms with Gasteiger partial charge in [0.1, 0.15) is 0 Å². The SMILES string of the molecule is CC.CC.CC.CC.CC.CC.CC.CC.CC.CC.CCC.Cc1ccccc1.Cc1ccccc1.Cc1ccccc1.Cc1ccccc1.Cc1ccccc1.[2H]CC.[2H]CC.[2H]CC.[2H]CCC.[CH3-].[CH3-].[CH3-].[CH3-].[CH3-].[CH3-].[CH3-].[CH3-].[Y].[Y].[Y].[Y].c1ccc2ccccc2c1.c1ccccc1.c1ccccc1. The maximum Gasteiger partial charge on any atom is 0.0230 e. The second-order valence-corrected chi connectivity index (χ2v) is 14.1. The fourth-order valence-corrected chi connectivity index (χ4v) is 4.57. The largest absolute Gasteiger partial charge is 0.358 e. The van der Waals surface area contributed by atoms with Crippen LogP contribution in [-0.2, 0) is 131 Å². The Hall–Kier alpha value is -2.34. The molecule has 0 fully saturated rings. The van der Waals surface area contributed by atoms with Crippen molar-refractivity contribution in [2.75, 3.05) is 0 Å². The minimum atomic E-state index is 0. The Morgan fingerprint density at radius 2 is 0.248 bits per heavy atom. The van der Waals surface area contributed by atoms with E-state index in [2.05, 4.69) is 158 Å². The van der Waals surface area contributed by atoms with Gasteiger partial charge in [0.2, 0.25) is 0 Å². The normalized spacial score (nSPS) is 6.60. The van der Waals surface area contributed by atoms with Gasteiger partial charge in [0.15, 0.2) is 0 Å². The van der Waals surface area contributed by atoms with Gasteiger partial charge in [-0.05, 0) is 45.4 Å². The van der Waals surface area contributed by atoms with Gasteiger partial charge in [-0.2, -0.15) is 0 Å². The van der Waals surface area contributed by atoms with Crippen LogP contribution in [-0.4, -0.2) is 0 Å². The second-order valence-electron chi connectivity index (χ2n) is 14.1. The van der Waals surface area contributed by atoms with E-state index in [1.165, 1.54) is 45.0 Å². The summed E-state index contributed by atoms with van der Waals surface area (Å²) in [6.45, 7) is 64.1. The maximum atomic E-state index is 6.45. The number of rotatable bonds is 0. The zero-order valence-electron chi connectivity index (χ0n) is 79.0. The first-order valence-corrected chi connectivity index (χ1v) is 34.2. The molecule has 0 heterocycles. The summed E-state index contributed by atoms with van der Waals surface area (Å²) in [5.41, 5.74) is 6.61. The van der Waals surface area contributed by atoms with E-state index in [1.54, 1.807) is 20.8 Å². The Morgan fingerprint density at radius 3 is 0.307 bits per heavy atom. The van der Waals surface area contributed by atoms with Gasteiger partial charge in [-0.15, -0.1) is 0 Å². The first kappa shape index (κ1) is 160. The molecule has 9 aromatic carbocycles. The van der Waals surface area contributed by atoms with E-state index in [9.17, 15) is 0 Å². The quantitative estimate of drug-likeness (QED) is 0.133. The van der Waals surface area contributed by atoms with Crippen molar-refractivity contribution in [3.8, 4) is 0 Å². The van der Waals surface area contributed by atoms with E-state index in [-0.39, 0.29) is 190 Å². The zero-order chi connectivity index (χ0) is 75.1. The van der Waals surface area contributed by atoms with Crippen molar-refractivity contribution in [2.24, 2.45) is 0 Å². The van der Waals surface area contributed by atoms with Crippen molar-refractivity contribution in [2.45, 2.75) is 255 Å². The number of benzene rings is 9. The molecule has 0 saturated heterocycles. The van der Waals surface area contributed by atoms with E-state index in [0.29, 0.717) is 27.6 Å². The van der Waals surface area contributed by atoms with Gasteiger partial charge in [-0.1, -0.05) is 521 Å².